The molecule has 1 aliphatic rings. The molecule has 0 spiro atoms. The van der Waals surface area contributed by atoms with Crippen LogP contribution in [0, 0.1) is 0 Å². The molecule has 2 heterocycles. The molecular formula is C11H18ClN3O. The van der Waals surface area contributed by atoms with Crippen LogP contribution in [0.15, 0.2) is 18.7 Å². The molecule has 1 aromatic rings. The summed E-state index contributed by atoms with van der Waals surface area (Å²) in [7, 11) is 0. The van der Waals surface area contributed by atoms with Gasteiger partial charge < -0.3 is 9.30 Å². The molecule has 90 valence electrons. The number of alkyl halides is 1. The minimum atomic E-state index is 0.387. The average Bonchev–Trinajstić information content (AvgIpc) is 2.83. The van der Waals surface area contributed by atoms with Gasteiger partial charge in [0.05, 0.1) is 19.5 Å². The zero-order valence-electron chi connectivity index (χ0n) is 9.39. The summed E-state index contributed by atoms with van der Waals surface area (Å²) < 4.78 is 7.52. The molecule has 4 nitrogen and oxygen atoms in total. The van der Waals surface area contributed by atoms with Gasteiger partial charge in [0, 0.05) is 43.9 Å². The average molecular weight is 244 g/mol. The van der Waals surface area contributed by atoms with Crippen molar-refractivity contribution in [2.45, 2.75) is 19.0 Å². The standard InChI is InChI=1S/C11H18ClN3O/c12-8-11-9-16-7-6-15(11)4-1-3-14-5-2-13-10-14/h2,5,10-11H,1,3-4,6-9H2. The number of nitrogens with zero attached hydrogens (tertiary/aromatic N) is 3. The number of rotatable bonds is 5. The summed E-state index contributed by atoms with van der Waals surface area (Å²) in [4.78, 5) is 6.45. The van der Waals surface area contributed by atoms with Crippen LogP contribution in [0.2, 0.25) is 0 Å². The van der Waals surface area contributed by atoms with Crippen LogP contribution in [0.4, 0.5) is 0 Å². The Kier molecular flexibility index (Phi) is 4.63. The number of imidazole rings is 1. The molecule has 0 aliphatic carbocycles. The normalized spacial score (nSPS) is 22.4. The molecule has 0 N–H and O–H groups in total. The van der Waals surface area contributed by atoms with Crippen molar-refractivity contribution in [1.82, 2.24) is 14.5 Å². The highest BCUT2D eigenvalue weighted by Crippen LogP contribution is 2.09. The zero-order chi connectivity index (χ0) is 11.2. The second kappa shape index (κ2) is 6.23. The fourth-order valence-corrected chi connectivity index (χ4v) is 2.29. The lowest BCUT2D eigenvalue weighted by Gasteiger charge is -2.34. The lowest BCUT2D eigenvalue weighted by Crippen LogP contribution is -2.46. The molecule has 1 aromatic heterocycles. The lowest BCUT2D eigenvalue weighted by atomic mass is 10.2. The maximum absolute atomic E-state index is 5.92. The van der Waals surface area contributed by atoms with Gasteiger partial charge in [0.15, 0.2) is 0 Å². The van der Waals surface area contributed by atoms with E-state index in [0.717, 1.165) is 39.3 Å². The summed E-state index contributed by atoms with van der Waals surface area (Å²) >= 11 is 5.92. The zero-order valence-corrected chi connectivity index (χ0v) is 10.1. The van der Waals surface area contributed by atoms with Crippen LogP contribution in [-0.4, -0.2) is 52.7 Å². The first-order valence-corrected chi connectivity index (χ1v) is 6.27. The van der Waals surface area contributed by atoms with E-state index >= 15 is 0 Å². The third-order valence-corrected chi connectivity index (χ3v) is 3.30. The highest BCUT2D eigenvalue weighted by atomic mass is 35.5. The van der Waals surface area contributed by atoms with Gasteiger partial charge in [0.1, 0.15) is 0 Å². The maximum atomic E-state index is 5.92. The van der Waals surface area contributed by atoms with Gasteiger partial charge in [-0.25, -0.2) is 4.98 Å². The van der Waals surface area contributed by atoms with Gasteiger partial charge in [-0.05, 0) is 6.42 Å². The largest absolute Gasteiger partial charge is 0.378 e. The van der Waals surface area contributed by atoms with Crippen LogP contribution >= 0.6 is 11.6 Å². The molecule has 1 unspecified atom stereocenters. The van der Waals surface area contributed by atoms with Crippen LogP contribution in [0.5, 0.6) is 0 Å². The molecule has 1 fully saturated rings. The van der Waals surface area contributed by atoms with E-state index < -0.39 is 0 Å². The number of halogens is 1. The molecule has 0 saturated carbocycles. The Morgan fingerprint density at radius 2 is 2.38 bits per heavy atom. The third-order valence-electron chi connectivity index (χ3n) is 2.95. The number of morpholine rings is 1. The topological polar surface area (TPSA) is 30.3 Å². The van der Waals surface area contributed by atoms with E-state index in [9.17, 15) is 0 Å². The van der Waals surface area contributed by atoms with Crippen molar-refractivity contribution < 1.29 is 4.74 Å². The maximum Gasteiger partial charge on any atom is 0.0945 e. The predicted molar refractivity (Wildman–Crippen MR) is 63.7 cm³/mol. The molecule has 1 saturated heterocycles. The Morgan fingerprint density at radius 3 is 3.12 bits per heavy atom. The second-order valence-corrected chi connectivity index (χ2v) is 4.38. The SMILES string of the molecule is ClCC1COCCN1CCCn1ccnc1. The first kappa shape index (κ1) is 11.9. The molecule has 1 atom stereocenters. The van der Waals surface area contributed by atoms with Crippen molar-refractivity contribution >= 4 is 11.6 Å². The van der Waals surface area contributed by atoms with Crippen LogP contribution in [0.3, 0.4) is 0 Å². The van der Waals surface area contributed by atoms with E-state index in [1.165, 1.54) is 0 Å². The summed E-state index contributed by atoms with van der Waals surface area (Å²) in [6.07, 6.45) is 6.80. The summed E-state index contributed by atoms with van der Waals surface area (Å²) in [5.41, 5.74) is 0. The van der Waals surface area contributed by atoms with Gasteiger partial charge in [0.25, 0.3) is 0 Å². The Bertz CT molecular complexity index is 291. The van der Waals surface area contributed by atoms with E-state index in [2.05, 4.69) is 14.5 Å². The molecule has 0 radical (unpaired) electrons. The first-order valence-electron chi connectivity index (χ1n) is 5.73. The van der Waals surface area contributed by atoms with E-state index in [-0.39, 0.29) is 0 Å². The van der Waals surface area contributed by atoms with Crippen molar-refractivity contribution in [2.75, 3.05) is 32.2 Å². The van der Waals surface area contributed by atoms with E-state index in [0.29, 0.717) is 11.9 Å². The molecule has 5 heteroatoms. The lowest BCUT2D eigenvalue weighted by molar-refractivity contribution is 0.000212. The van der Waals surface area contributed by atoms with E-state index in [4.69, 9.17) is 16.3 Å². The number of hydrogen-bond donors (Lipinski definition) is 0. The van der Waals surface area contributed by atoms with Gasteiger partial charge >= 0.3 is 0 Å². The number of aryl methyl sites for hydroxylation is 1. The number of ether oxygens (including phenoxy) is 1. The molecule has 0 aromatic carbocycles. The number of hydrogen-bond acceptors (Lipinski definition) is 3. The first-order chi connectivity index (χ1) is 7.90. The quantitative estimate of drug-likeness (QED) is 0.729. The smallest absolute Gasteiger partial charge is 0.0945 e. The highest BCUT2D eigenvalue weighted by Gasteiger charge is 2.21. The fourth-order valence-electron chi connectivity index (χ4n) is 2.00. The molecule has 16 heavy (non-hydrogen) atoms. The van der Waals surface area contributed by atoms with Gasteiger partial charge in [-0.3, -0.25) is 4.90 Å². The molecule has 0 bridgehead atoms. The van der Waals surface area contributed by atoms with Crippen molar-refractivity contribution in [3.8, 4) is 0 Å². The minimum absolute atomic E-state index is 0.387. The summed E-state index contributed by atoms with van der Waals surface area (Å²) in [6.45, 7) is 4.71. The second-order valence-electron chi connectivity index (χ2n) is 4.07. The Balaban J connectivity index is 1.71. The van der Waals surface area contributed by atoms with Gasteiger partial charge in [-0.15, -0.1) is 11.6 Å². The Hall–Kier alpha value is -0.580. The monoisotopic (exact) mass is 243 g/mol. The van der Waals surface area contributed by atoms with Gasteiger partial charge in [-0.1, -0.05) is 0 Å². The van der Waals surface area contributed by atoms with E-state index in [1.807, 2.05) is 18.7 Å². The minimum Gasteiger partial charge on any atom is -0.378 e. The summed E-state index contributed by atoms with van der Waals surface area (Å²) in [5, 5.41) is 0. The highest BCUT2D eigenvalue weighted by molar-refractivity contribution is 6.18. The fraction of sp³-hybridized carbons (Fsp3) is 0.727. The Morgan fingerprint density at radius 1 is 1.44 bits per heavy atom. The molecule has 0 amide bonds. The van der Waals surface area contributed by atoms with Crippen molar-refractivity contribution in [2.24, 2.45) is 0 Å². The van der Waals surface area contributed by atoms with Crippen molar-refractivity contribution in [3.63, 3.8) is 0 Å². The third kappa shape index (κ3) is 3.20. The van der Waals surface area contributed by atoms with Crippen LogP contribution in [0.25, 0.3) is 0 Å². The number of aromatic nitrogens is 2. The Labute approximate surface area is 101 Å². The molecular weight excluding hydrogens is 226 g/mol. The summed E-state index contributed by atoms with van der Waals surface area (Å²) in [5.74, 6) is 0.658. The molecule has 2 rings (SSSR count). The molecule has 1 aliphatic heterocycles. The van der Waals surface area contributed by atoms with Crippen molar-refractivity contribution in [3.05, 3.63) is 18.7 Å². The van der Waals surface area contributed by atoms with Crippen LogP contribution < -0.4 is 0 Å². The summed E-state index contributed by atoms with van der Waals surface area (Å²) in [6, 6.07) is 0.387. The predicted octanol–water partition coefficient (Wildman–Crippen LogP) is 1.21. The van der Waals surface area contributed by atoms with Gasteiger partial charge in [-0.2, -0.15) is 0 Å². The van der Waals surface area contributed by atoms with Crippen LogP contribution in [-0.2, 0) is 11.3 Å². The van der Waals surface area contributed by atoms with E-state index in [1.54, 1.807) is 0 Å². The van der Waals surface area contributed by atoms with Crippen molar-refractivity contribution in [1.29, 1.82) is 0 Å². The van der Waals surface area contributed by atoms with Crippen LogP contribution in [0.1, 0.15) is 6.42 Å². The van der Waals surface area contributed by atoms with Gasteiger partial charge in [0.2, 0.25) is 0 Å².